The predicted molar refractivity (Wildman–Crippen MR) is 76.4 cm³/mol. The summed E-state index contributed by atoms with van der Waals surface area (Å²) < 4.78 is 19.2. The molecule has 2 aromatic rings. The van der Waals surface area contributed by atoms with Crippen molar-refractivity contribution >= 4 is 16.7 Å². The summed E-state index contributed by atoms with van der Waals surface area (Å²) in [6.45, 7) is 4.88. The number of fused-ring (bicyclic) bond motifs is 1. The molecule has 0 spiro atoms. The molecule has 19 heavy (non-hydrogen) atoms. The van der Waals surface area contributed by atoms with Gasteiger partial charge in [-0.15, -0.1) is 0 Å². The molecule has 0 saturated heterocycles. The van der Waals surface area contributed by atoms with E-state index in [1.165, 1.54) is 6.07 Å². The van der Waals surface area contributed by atoms with Crippen molar-refractivity contribution in [1.82, 2.24) is 4.98 Å². The molecule has 0 aliphatic rings. The molecule has 102 valence electrons. The molecular formula is C15H19FN2O. The zero-order chi connectivity index (χ0) is 13.8. The number of hydrogen-bond donors (Lipinski definition) is 1. The fourth-order valence-corrected chi connectivity index (χ4v) is 2.20. The van der Waals surface area contributed by atoms with E-state index in [2.05, 4.69) is 17.2 Å². The van der Waals surface area contributed by atoms with Crippen LogP contribution in [-0.4, -0.2) is 18.6 Å². The average Bonchev–Trinajstić information content (AvgIpc) is 2.41. The molecule has 1 heterocycles. The number of halogens is 1. The predicted octanol–water partition coefficient (Wildman–Crippen LogP) is 3.77. The average molecular weight is 262 g/mol. The number of aryl methyl sites for hydroxylation is 1. The van der Waals surface area contributed by atoms with Crippen LogP contribution in [0, 0.1) is 5.82 Å². The number of ether oxygens (including phenoxy) is 1. The first kappa shape index (κ1) is 13.6. The van der Waals surface area contributed by atoms with Gasteiger partial charge in [0, 0.05) is 11.9 Å². The van der Waals surface area contributed by atoms with Crippen LogP contribution in [0.15, 0.2) is 18.2 Å². The minimum Gasteiger partial charge on any atom is -0.496 e. The quantitative estimate of drug-likeness (QED) is 0.890. The number of aromatic nitrogens is 1. The van der Waals surface area contributed by atoms with Crippen LogP contribution >= 0.6 is 0 Å². The Hall–Kier alpha value is -1.84. The Balaban J connectivity index is 2.68. The van der Waals surface area contributed by atoms with Crippen LogP contribution in [0.3, 0.4) is 0 Å². The lowest BCUT2D eigenvalue weighted by molar-refractivity contribution is 0.419. The summed E-state index contributed by atoms with van der Waals surface area (Å²) in [5.74, 6) is 1.10. The zero-order valence-electron chi connectivity index (χ0n) is 11.6. The molecule has 0 amide bonds. The smallest absolute Gasteiger partial charge is 0.149 e. The Morgan fingerprint density at radius 2 is 2.11 bits per heavy atom. The number of pyridine rings is 1. The van der Waals surface area contributed by atoms with E-state index in [4.69, 9.17) is 4.74 Å². The van der Waals surface area contributed by atoms with Crippen molar-refractivity contribution in [2.75, 3.05) is 19.0 Å². The number of nitrogens with zero attached hydrogens (tertiary/aromatic N) is 1. The molecule has 0 saturated carbocycles. The van der Waals surface area contributed by atoms with Crippen molar-refractivity contribution in [1.29, 1.82) is 0 Å². The number of methoxy groups -OCH3 is 1. The van der Waals surface area contributed by atoms with Gasteiger partial charge in [0.1, 0.15) is 22.9 Å². The molecule has 1 N–H and O–H groups in total. The topological polar surface area (TPSA) is 34.1 Å². The third-order valence-corrected chi connectivity index (χ3v) is 3.06. The maximum absolute atomic E-state index is 13.9. The van der Waals surface area contributed by atoms with Gasteiger partial charge in [-0.05, 0) is 37.1 Å². The molecule has 0 radical (unpaired) electrons. The second-order valence-corrected chi connectivity index (χ2v) is 4.42. The standard InChI is InChI=1S/C15H19FN2O/c1-4-6-10-9-11-13(19-3)8-7-12(16)14(11)18-15(10)17-5-2/h7-9H,4-6H2,1-3H3,(H,17,18). The highest BCUT2D eigenvalue weighted by Crippen LogP contribution is 2.30. The number of nitrogens with one attached hydrogen (secondary N) is 1. The van der Waals surface area contributed by atoms with Crippen molar-refractivity contribution in [2.24, 2.45) is 0 Å². The highest BCUT2D eigenvalue weighted by atomic mass is 19.1. The van der Waals surface area contributed by atoms with E-state index in [-0.39, 0.29) is 5.82 Å². The summed E-state index contributed by atoms with van der Waals surface area (Å²) in [5.41, 5.74) is 1.45. The minimum absolute atomic E-state index is 0.321. The first-order chi connectivity index (χ1) is 9.21. The lowest BCUT2D eigenvalue weighted by Crippen LogP contribution is -2.05. The monoisotopic (exact) mass is 262 g/mol. The molecule has 1 aromatic carbocycles. The molecule has 0 aliphatic carbocycles. The van der Waals surface area contributed by atoms with E-state index in [0.717, 1.165) is 36.2 Å². The molecular weight excluding hydrogens is 243 g/mol. The number of rotatable bonds is 5. The number of hydrogen-bond acceptors (Lipinski definition) is 3. The third-order valence-electron chi connectivity index (χ3n) is 3.06. The van der Waals surface area contributed by atoms with Gasteiger partial charge in [-0.25, -0.2) is 9.37 Å². The van der Waals surface area contributed by atoms with Crippen LogP contribution in [0.25, 0.3) is 10.9 Å². The van der Waals surface area contributed by atoms with Crippen molar-refractivity contribution in [3.05, 3.63) is 29.6 Å². The molecule has 2 rings (SSSR count). The molecule has 0 aliphatic heterocycles. The van der Waals surface area contributed by atoms with Crippen LogP contribution in [0.5, 0.6) is 5.75 Å². The Morgan fingerprint density at radius 1 is 1.32 bits per heavy atom. The third kappa shape index (κ3) is 2.62. The summed E-state index contributed by atoms with van der Waals surface area (Å²) in [7, 11) is 1.59. The van der Waals surface area contributed by atoms with E-state index in [1.807, 2.05) is 13.0 Å². The van der Waals surface area contributed by atoms with Crippen LogP contribution in [0.2, 0.25) is 0 Å². The van der Waals surface area contributed by atoms with Gasteiger partial charge in [-0.3, -0.25) is 0 Å². The summed E-state index contributed by atoms with van der Waals surface area (Å²) in [5, 5.41) is 3.93. The van der Waals surface area contributed by atoms with Crippen LogP contribution in [0.4, 0.5) is 10.2 Å². The number of anilines is 1. The van der Waals surface area contributed by atoms with Gasteiger partial charge in [0.05, 0.1) is 7.11 Å². The fraction of sp³-hybridized carbons (Fsp3) is 0.400. The summed E-state index contributed by atoms with van der Waals surface area (Å²) in [6.07, 6.45) is 1.92. The highest BCUT2D eigenvalue weighted by molar-refractivity contribution is 5.88. The van der Waals surface area contributed by atoms with E-state index in [1.54, 1.807) is 13.2 Å². The molecule has 0 fully saturated rings. The molecule has 4 heteroatoms. The first-order valence-electron chi connectivity index (χ1n) is 6.61. The lowest BCUT2D eigenvalue weighted by Gasteiger charge is -2.13. The van der Waals surface area contributed by atoms with Crippen LogP contribution < -0.4 is 10.1 Å². The Kier molecular flexibility index (Phi) is 4.20. The Morgan fingerprint density at radius 3 is 2.74 bits per heavy atom. The maximum atomic E-state index is 13.9. The van der Waals surface area contributed by atoms with Crippen molar-refractivity contribution in [2.45, 2.75) is 26.7 Å². The van der Waals surface area contributed by atoms with E-state index >= 15 is 0 Å². The summed E-state index contributed by atoms with van der Waals surface area (Å²) in [4.78, 5) is 4.43. The Labute approximate surface area is 112 Å². The largest absolute Gasteiger partial charge is 0.496 e. The zero-order valence-corrected chi connectivity index (χ0v) is 11.6. The van der Waals surface area contributed by atoms with Crippen LogP contribution in [0.1, 0.15) is 25.8 Å². The second-order valence-electron chi connectivity index (χ2n) is 4.42. The van der Waals surface area contributed by atoms with Crippen molar-refractivity contribution in [3.8, 4) is 5.75 Å². The van der Waals surface area contributed by atoms with Gasteiger partial charge in [-0.2, -0.15) is 0 Å². The highest BCUT2D eigenvalue weighted by Gasteiger charge is 2.12. The van der Waals surface area contributed by atoms with Gasteiger partial charge >= 0.3 is 0 Å². The van der Waals surface area contributed by atoms with Gasteiger partial charge in [0.25, 0.3) is 0 Å². The normalized spacial score (nSPS) is 10.7. The molecule has 0 unspecified atom stereocenters. The fourth-order valence-electron chi connectivity index (χ4n) is 2.20. The summed E-state index contributed by atoms with van der Waals surface area (Å²) in [6, 6.07) is 5.01. The van der Waals surface area contributed by atoms with Gasteiger partial charge < -0.3 is 10.1 Å². The Bertz CT molecular complexity index is 584. The van der Waals surface area contributed by atoms with Crippen molar-refractivity contribution < 1.29 is 9.13 Å². The van der Waals surface area contributed by atoms with Crippen LogP contribution in [-0.2, 0) is 6.42 Å². The SMILES string of the molecule is CCCc1cc2c(OC)ccc(F)c2nc1NCC. The second kappa shape index (κ2) is 5.87. The maximum Gasteiger partial charge on any atom is 0.149 e. The van der Waals surface area contributed by atoms with Crippen molar-refractivity contribution in [3.63, 3.8) is 0 Å². The number of benzene rings is 1. The van der Waals surface area contributed by atoms with Gasteiger partial charge in [0.2, 0.25) is 0 Å². The molecule has 0 atom stereocenters. The molecule has 0 bridgehead atoms. The van der Waals surface area contributed by atoms with E-state index in [9.17, 15) is 4.39 Å². The molecule has 1 aromatic heterocycles. The van der Waals surface area contributed by atoms with Gasteiger partial charge in [-0.1, -0.05) is 13.3 Å². The van der Waals surface area contributed by atoms with Gasteiger partial charge in [0.15, 0.2) is 0 Å². The first-order valence-corrected chi connectivity index (χ1v) is 6.61. The summed E-state index contributed by atoms with van der Waals surface area (Å²) >= 11 is 0. The van der Waals surface area contributed by atoms with E-state index < -0.39 is 0 Å². The molecule has 3 nitrogen and oxygen atoms in total. The minimum atomic E-state index is -0.321. The van der Waals surface area contributed by atoms with E-state index in [0.29, 0.717) is 11.3 Å². The lowest BCUT2D eigenvalue weighted by atomic mass is 10.1.